The van der Waals surface area contributed by atoms with Crippen LogP contribution in [0.15, 0.2) is 18.2 Å². The van der Waals surface area contributed by atoms with E-state index in [2.05, 4.69) is 15.9 Å². The maximum Gasteiger partial charge on any atom is 0.254 e. The van der Waals surface area contributed by atoms with Gasteiger partial charge in [0.2, 0.25) is 0 Å². The lowest BCUT2D eigenvalue weighted by molar-refractivity contribution is 0.0754. The van der Waals surface area contributed by atoms with Gasteiger partial charge >= 0.3 is 0 Å². The van der Waals surface area contributed by atoms with E-state index in [4.69, 9.17) is 11.6 Å². The van der Waals surface area contributed by atoms with Crippen LogP contribution in [0.4, 0.5) is 4.39 Å². The van der Waals surface area contributed by atoms with Gasteiger partial charge in [0.25, 0.3) is 5.91 Å². The molecular weight excluding hydrogens is 308 g/mol. The summed E-state index contributed by atoms with van der Waals surface area (Å²) in [5.41, 5.74) is 0.448. The number of amides is 1. The molecule has 0 spiro atoms. The van der Waals surface area contributed by atoms with Crippen LogP contribution in [-0.4, -0.2) is 28.7 Å². The van der Waals surface area contributed by atoms with Gasteiger partial charge in [-0.2, -0.15) is 0 Å². The molecule has 1 aromatic carbocycles. The Morgan fingerprint density at radius 1 is 1.53 bits per heavy atom. The molecule has 0 saturated heterocycles. The van der Waals surface area contributed by atoms with E-state index >= 15 is 0 Å². The first-order valence-electron chi connectivity index (χ1n) is 5.45. The van der Waals surface area contributed by atoms with Crippen molar-refractivity contribution in [2.75, 3.05) is 11.9 Å². The van der Waals surface area contributed by atoms with Gasteiger partial charge in [0.05, 0.1) is 5.02 Å². The van der Waals surface area contributed by atoms with Crippen molar-refractivity contribution in [3.63, 3.8) is 0 Å². The molecule has 0 bridgehead atoms. The van der Waals surface area contributed by atoms with E-state index in [0.717, 1.165) is 18.2 Å². The van der Waals surface area contributed by atoms with Crippen molar-refractivity contribution in [2.24, 2.45) is 0 Å². The summed E-state index contributed by atoms with van der Waals surface area (Å²) in [6.45, 7) is 0.665. The first kappa shape index (κ1) is 12.8. The highest BCUT2D eigenvalue weighted by atomic mass is 79.9. The summed E-state index contributed by atoms with van der Waals surface area (Å²) in [7, 11) is 0. The molecule has 1 fully saturated rings. The summed E-state index contributed by atoms with van der Waals surface area (Å²) in [6.07, 6.45) is 2.10. The number of rotatable bonds is 4. The Morgan fingerprint density at radius 2 is 2.24 bits per heavy atom. The number of carbonyl (C=O) groups excluding carboxylic acids is 1. The zero-order chi connectivity index (χ0) is 12.4. The van der Waals surface area contributed by atoms with Crippen molar-refractivity contribution >= 4 is 33.4 Å². The van der Waals surface area contributed by atoms with Gasteiger partial charge < -0.3 is 4.90 Å². The summed E-state index contributed by atoms with van der Waals surface area (Å²) in [6, 6.07) is 4.44. The third-order valence-corrected chi connectivity index (χ3v) is 3.38. The minimum atomic E-state index is -0.498. The minimum absolute atomic E-state index is 0.00885. The van der Waals surface area contributed by atoms with Crippen molar-refractivity contribution < 1.29 is 9.18 Å². The maximum atomic E-state index is 13.0. The molecule has 17 heavy (non-hydrogen) atoms. The van der Waals surface area contributed by atoms with Crippen LogP contribution >= 0.6 is 27.5 Å². The Hall–Kier alpha value is -0.610. The number of nitrogens with zero attached hydrogens (tertiary/aromatic N) is 1. The Kier molecular flexibility index (Phi) is 4.05. The lowest BCUT2D eigenvalue weighted by atomic mass is 10.2. The lowest BCUT2D eigenvalue weighted by Gasteiger charge is -2.21. The van der Waals surface area contributed by atoms with Crippen LogP contribution < -0.4 is 0 Å². The summed E-state index contributed by atoms with van der Waals surface area (Å²) < 4.78 is 13.0. The van der Waals surface area contributed by atoms with Gasteiger partial charge in [-0.15, -0.1) is 0 Å². The summed E-state index contributed by atoms with van der Waals surface area (Å²) in [4.78, 5) is 14.0. The Morgan fingerprint density at radius 3 is 2.76 bits per heavy atom. The van der Waals surface area contributed by atoms with Gasteiger partial charge in [0.15, 0.2) is 0 Å². The van der Waals surface area contributed by atoms with E-state index in [-0.39, 0.29) is 10.9 Å². The van der Waals surface area contributed by atoms with Gasteiger partial charge in [0, 0.05) is 23.5 Å². The summed E-state index contributed by atoms with van der Waals surface area (Å²) in [5, 5.41) is 0.731. The van der Waals surface area contributed by atoms with Crippen molar-refractivity contribution in [3.8, 4) is 0 Å². The van der Waals surface area contributed by atoms with Gasteiger partial charge in [0.1, 0.15) is 5.82 Å². The number of benzene rings is 1. The van der Waals surface area contributed by atoms with E-state index in [9.17, 15) is 9.18 Å². The molecule has 1 aliphatic rings. The normalized spacial score (nSPS) is 14.8. The van der Waals surface area contributed by atoms with Crippen LogP contribution in [0.1, 0.15) is 23.2 Å². The molecule has 5 heteroatoms. The maximum absolute atomic E-state index is 13.0. The topological polar surface area (TPSA) is 20.3 Å². The average Bonchev–Trinajstić information content (AvgIpc) is 3.13. The van der Waals surface area contributed by atoms with E-state index in [1.54, 1.807) is 0 Å². The van der Waals surface area contributed by atoms with E-state index in [1.807, 2.05) is 4.90 Å². The van der Waals surface area contributed by atoms with Crippen molar-refractivity contribution in [3.05, 3.63) is 34.6 Å². The molecular formula is C12H12BrClFNO. The Balaban J connectivity index is 2.19. The fourth-order valence-corrected chi connectivity index (χ4v) is 2.28. The second-order valence-corrected chi connectivity index (χ2v) is 5.25. The fraction of sp³-hybridized carbons (Fsp3) is 0.417. The quantitative estimate of drug-likeness (QED) is 0.778. The largest absolute Gasteiger partial charge is 0.335 e. The first-order valence-corrected chi connectivity index (χ1v) is 6.95. The molecule has 1 aliphatic carbocycles. The number of carbonyl (C=O) groups is 1. The molecule has 1 aromatic rings. The van der Waals surface area contributed by atoms with Crippen LogP contribution in [0.5, 0.6) is 0 Å². The molecule has 0 heterocycles. The standard InChI is InChI=1S/C12H12BrClFNO/c13-5-6-16(9-2-3-9)12(17)8-1-4-11(15)10(14)7-8/h1,4,7,9H,2-3,5-6H2. The van der Waals surface area contributed by atoms with Gasteiger partial charge in [-0.25, -0.2) is 4.39 Å². The van der Waals surface area contributed by atoms with Gasteiger partial charge in [-0.1, -0.05) is 27.5 Å². The molecule has 0 aromatic heterocycles. The zero-order valence-corrected chi connectivity index (χ0v) is 11.5. The molecule has 0 atom stereocenters. The molecule has 0 aliphatic heterocycles. The smallest absolute Gasteiger partial charge is 0.254 e. The fourth-order valence-electron chi connectivity index (χ4n) is 1.72. The van der Waals surface area contributed by atoms with Crippen LogP contribution in [0.2, 0.25) is 5.02 Å². The van der Waals surface area contributed by atoms with Gasteiger partial charge in [-0.05, 0) is 31.0 Å². The van der Waals surface area contributed by atoms with Gasteiger partial charge in [-0.3, -0.25) is 4.79 Å². The number of hydrogen-bond acceptors (Lipinski definition) is 1. The van der Waals surface area contributed by atoms with Crippen LogP contribution in [0.3, 0.4) is 0 Å². The van der Waals surface area contributed by atoms with Crippen LogP contribution in [0, 0.1) is 5.82 Å². The predicted octanol–water partition coefficient (Wildman–Crippen LogP) is 3.48. The molecule has 0 N–H and O–H groups in total. The Bertz CT molecular complexity index is 437. The summed E-state index contributed by atoms with van der Waals surface area (Å²) >= 11 is 9.01. The first-order chi connectivity index (χ1) is 8.13. The number of halogens is 3. The molecule has 1 saturated carbocycles. The van der Waals surface area contributed by atoms with E-state index in [1.165, 1.54) is 18.2 Å². The van der Waals surface area contributed by atoms with Crippen LogP contribution in [0.25, 0.3) is 0 Å². The van der Waals surface area contributed by atoms with Crippen molar-refractivity contribution in [1.29, 1.82) is 0 Å². The van der Waals surface area contributed by atoms with E-state index in [0.29, 0.717) is 18.2 Å². The molecule has 1 amide bonds. The lowest BCUT2D eigenvalue weighted by Crippen LogP contribution is -2.34. The van der Waals surface area contributed by atoms with Crippen LogP contribution in [-0.2, 0) is 0 Å². The van der Waals surface area contributed by atoms with E-state index < -0.39 is 5.82 Å². The third kappa shape index (κ3) is 2.99. The average molecular weight is 321 g/mol. The monoisotopic (exact) mass is 319 g/mol. The molecule has 0 unspecified atom stereocenters. The molecule has 2 nitrogen and oxygen atoms in total. The highest BCUT2D eigenvalue weighted by Crippen LogP contribution is 2.28. The minimum Gasteiger partial charge on any atom is -0.335 e. The second-order valence-electron chi connectivity index (χ2n) is 4.05. The molecule has 92 valence electrons. The highest BCUT2D eigenvalue weighted by molar-refractivity contribution is 9.09. The SMILES string of the molecule is O=C(c1ccc(F)c(Cl)c1)N(CCBr)C1CC1. The zero-order valence-electron chi connectivity index (χ0n) is 9.13. The number of hydrogen-bond donors (Lipinski definition) is 0. The number of alkyl halides is 1. The van der Waals surface area contributed by atoms with Crippen molar-refractivity contribution in [2.45, 2.75) is 18.9 Å². The molecule has 0 radical (unpaired) electrons. The van der Waals surface area contributed by atoms with Crippen molar-refractivity contribution in [1.82, 2.24) is 4.90 Å². The summed E-state index contributed by atoms with van der Waals surface area (Å²) in [5.74, 6) is -0.574. The third-order valence-electron chi connectivity index (χ3n) is 2.74. The Labute approximate surface area is 113 Å². The highest BCUT2D eigenvalue weighted by Gasteiger charge is 2.32. The second kappa shape index (κ2) is 5.36. The molecule has 2 rings (SSSR count). The predicted molar refractivity (Wildman–Crippen MR) is 69.3 cm³/mol.